The highest BCUT2D eigenvalue weighted by Gasteiger charge is 2.27. The summed E-state index contributed by atoms with van der Waals surface area (Å²) in [4.78, 5) is 47.0. The molecule has 2 amide bonds. The Hall–Kier alpha value is -3.42. The van der Waals surface area contributed by atoms with E-state index in [1.807, 2.05) is 35.8 Å². The third-order valence-electron chi connectivity index (χ3n) is 6.84. The van der Waals surface area contributed by atoms with Gasteiger partial charge in [-0.05, 0) is 50.7 Å². The van der Waals surface area contributed by atoms with Crippen LogP contribution in [0.1, 0.15) is 84.5 Å². The number of hydrogen-bond acceptors (Lipinski definition) is 4. The van der Waals surface area contributed by atoms with E-state index in [0.717, 1.165) is 36.7 Å². The first kappa shape index (κ1) is 22.4. The first-order valence-electron chi connectivity index (χ1n) is 12.3. The van der Waals surface area contributed by atoms with Gasteiger partial charge in [-0.25, -0.2) is 4.98 Å². The van der Waals surface area contributed by atoms with Crippen molar-refractivity contribution in [1.82, 2.24) is 25.2 Å². The molecule has 178 valence electrons. The predicted molar refractivity (Wildman–Crippen MR) is 130 cm³/mol. The van der Waals surface area contributed by atoms with Crippen LogP contribution in [0.3, 0.4) is 0 Å². The van der Waals surface area contributed by atoms with Gasteiger partial charge in [0, 0.05) is 25.0 Å². The van der Waals surface area contributed by atoms with Crippen LogP contribution in [0.2, 0.25) is 0 Å². The molecule has 0 aliphatic heterocycles. The van der Waals surface area contributed by atoms with Crippen LogP contribution in [-0.2, 0) is 6.54 Å². The van der Waals surface area contributed by atoms with Crippen LogP contribution >= 0.6 is 0 Å². The number of benzene rings is 1. The summed E-state index contributed by atoms with van der Waals surface area (Å²) in [6.45, 7) is 2.52. The smallest absolute Gasteiger partial charge is 0.257 e. The van der Waals surface area contributed by atoms with Gasteiger partial charge in [0.15, 0.2) is 0 Å². The molecule has 2 fully saturated rings. The molecule has 0 radical (unpaired) electrons. The van der Waals surface area contributed by atoms with Crippen molar-refractivity contribution in [3.63, 3.8) is 0 Å². The maximum absolute atomic E-state index is 13.2. The van der Waals surface area contributed by atoms with Crippen molar-refractivity contribution >= 4 is 22.8 Å². The molecule has 8 heteroatoms. The van der Waals surface area contributed by atoms with E-state index in [2.05, 4.69) is 20.6 Å². The van der Waals surface area contributed by atoms with Gasteiger partial charge in [0.25, 0.3) is 11.8 Å². The van der Waals surface area contributed by atoms with Crippen LogP contribution in [0, 0.1) is 5.92 Å². The van der Waals surface area contributed by atoms with E-state index in [9.17, 15) is 14.4 Å². The summed E-state index contributed by atoms with van der Waals surface area (Å²) in [5.74, 6) is 0.196. The number of imidazole rings is 1. The molecule has 2 saturated carbocycles. The van der Waals surface area contributed by atoms with Crippen molar-refractivity contribution in [1.29, 1.82) is 0 Å². The van der Waals surface area contributed by atoms with Crippen molar-refractivity contribution in [2.75, 3.05) is 0 Å². The van der Waals surface area contributed by atoms with Crippen LogP contribution in [0.4, 0.5) is 0 Å². The second-order valence-electron chi connectivity index (χ2n) is 9.70. The average molecular weight is 462 g/mol. The molecule has 2 aliphatic rings. The van der Waals surface area contributed by atoms with Crippen molar-refractivity contribution in [2.24, 2.45) is 5.92 Å². The number of pyridine rings is 1. The Labute approximate surface area is 198 Å². The van der Waals surface area contributed by atoms with E-state index >= 15 is 0 Å². The van der Waals surface area contributed by atoms with E-state index in [4.69, 9.17) is 0 Å². The van der Waals surface area contributed by atoms with E-state index in [0.29, 0.717) is 18.3 Å². The highest BCUT2D eigenvalue weighted by atomic mass is 16.2. The van der Waals surface area contributed by atoms with Gasteiger partial charge in [-0.3, -0.25) is 14.4 Å². The molecule has 0 spiro atoms. The summed E-state index contributed by atoms with van der Waals surface area (Å²) < 4.78 is 1.86. The molecule has 0 saturated heterocycles. The Morgan fingerprint density at radius 2 is 1.76 bits per heavy atom. The minimum Gasteiger partial charge on any atom is -0.352 e. The van der Waals surface area contributed by atoms with E-state index in [1.54, 1.807) is 12.4 Å². The summed E-state index contributed by atoms with van der Waals surface area (Å²) in [6.07, 6.45) is 11.0. The predicted octanol–water partition coefficient (Wildman–Crippen LogP) is 3.69. The molecule has 2 aromatic heterocycles. The average Bonchev–Trinajstić information content (AvgIpc) is 3.54. The third-order valence-corrected chi connectivity index (χ3v) is 6.84. The number of nitrogens with zero attached hydrogens (tertiary/aromatic N) is 2. The first-order valence-corrected chi connectivity index (χ1v) is 12.3. The molecule has 34 heavy (non-hydrogen) atoms. The van der Waals surface area contributed by atoms with Gasteiger partial charge in [0.2, 0.25) is 5.43 Å². The zero-order chi connectivity index (χ0) is 23.7. The second kappa shape index (κ2) is 9.44. The summed E-state index contributed by atoms with van der Waals surface area (Å²) in [5.41, 5.74) is 1.18. The third kappa shape index (κ3) is 4.90. The summed E-state index contributed by atoms with van der Waals surface area (Å²) in [7, 11) is 0. The van der Waals surface area contributed by atoms with Gasteiger partial charge in [0.05, 0.1) is 17.1 Å². The van der Waals surface area contributed by atoms with E-state index in [-0.39, 0.29) is 17.2 Å². The number of rotatable bonds is 7. The normalized spacial score (nSPS) is 17.4. The minimum atomic E-state index is -0.535. The fourth-order valence-corrected chi connectivity index (χ4v) is 4.74. The van der Waals surface area contributed by atoms with Crippen LogP contribution in [-0.4, -0.2) is 32.4 Å². The van der Waals surface area contributed by atoms with Gasteiger partial charge in [-0.2, -0.15) is 0 Å². The molecule has 0 unspecified atom stereocenters. The molecule has 5 rings (SSSR count). The van der Waals surface area contributed by atoms with Crippen LogP contribution in [0.5, 0.6) is 0 Å². The first-order chi connectivity index (χ1) is 16.5. The summed E-state index contributed by atoms with van der Waals surface area (Å²) in [6, 6.07) is 7.34. The zero-order valence-electron chi connectivity index (χ0n) is 19.5. The second-order valence-corrected chi connectivity index (χ2v) is 9.70. The number of carbonyl (C=O) groups excluding carboxylic acids is 2. The number of H-pyrrole nitrogens is 1. The lowest BCUT2D eigenvalue weighted by Crippen LogP contribution is -2.37. The quantitative estimate of drug-likeness (QED) is 0.499. The Kier molecular flexibility index (Phi) is 6.22. The van der Waals surface area contributed by atoms with Crippen LogP contribution in [0.15, 0.2) is 41.5 Å². The molecule has 2 heterocycles. The van der Waals surface area contributed by atoms with Gasteiger partial charge >= 0.3 is 0 Å². The molecule has 3 aromatic rings. The fraction of sp³-hybridized carbons (Fsp3) is 0.462. The summed E-state index contributed by atoms with van der Waals surface area (Å²) in [5, 5.41) is 5.78. The lowest BCUT2D eigenvalue weighted by Gasteiger charge is -2.23. The Bertz CT molecular complexity index is 1230. The maximum Gasteiger partial charge on any atom is 0.257 e. The molecule has 2 aliphatic carbocycles. The molecule has 1 atom stereocenters. The highest BCUT2D eigenvalue weighted by molar-refractivity contribution is 5.99. The molecular formula is C26H31N5O3. The summed E-state index contributed by atoms with van der Waals surface area (Å²) >= 11 is 0. The largest absolute Gasteiger partial charge is 0.352 e. The number of carbonyl (C=O) groups is 2. The number of aromatic nitrogens is 3. The lowest BCUT2D eigenvalue weighted by atomic mass is 9.89. The van der Waals surface area contributed by atoms with Crippen molar-refractivity contribution in [2.45, 2.75) is 70.5 Å². The Balaban J connectivity index is 1.41. The number of fused-ring (bicyclic) bond motifs is 1. The van der Waals surface area contributed by atoms with Crippen LogP contribution in [0.25, 0.3) is 11.0 Å². The SMILES string of the molecule is C[C@H](NC(=O)c1cn(CC2CCCCC2)cc(C(=O)NC2CC2)c1=O)c1nc2ccccc2[nH]1. The Morgan fingerprint density at radius 3 is 2.47 bits per heavy atom. The van der Waals surface area contributed by atoms with Crippen molar-refractivity contribution < 1.29 is 9.59 Å². The van der Waals surface area contributed by atoms with Gasteiger partial charge < -0.3 is 20.2 Å². The molecule has 8 nitrogen and oxygen atoms in total. The van der Waals surface area contributed by atoms with Gasteiger partial charge in [0.1, 0.15) is 17.0 Å². The fourth-order valence-electron chi connectivity index (χ4n) is 4.74. The minimum absolute atomic E-state index is 0.0118. The van der Waals surface area contributed by atoms with Gasteiger partial charge in [-0.1, -0.05) is 31.4 Å². The number of aromatic amines is 1. The Morgan fingerprint density at radius 1 is 1.06 bits per heavy atom. The molecule has 3 N–H and O–H groups in total. The van der Waals surface area contributed by atoms with E-state index in [1.165, 1.54) is 19.3 Å². The molecule has 1 aromatic carbocycles. The van der Waals surface area contributed by atoms with Crippen molar-refractivity contribution in [3.8, 4) is 0 Å². The number of para-hydroxylation sites is 2. The number of hydrogen-bond donors (Lipinski definition) is 3. The maximum atomic E-state index is 13.2. The topological polar surface area (TPSA) is 109 Å². The highest BCUT2D eigenvalue weighted by Crippen LogP contribution is 2.25. The van der Waals surface area contributed by atoms with Gasteiger partial charge in [-0.15, -0.1) is 0 Å². The monoisotopic (exact) mass is 461 g/mol. The van der Waals surface area contributed by atoms with Crippen molar-refractivity contribution in [3.05, 3.63) is 63.8 Å². The van der Waals surface area contributed by atoms with Crippen LogP contribution < -0.4 is 16.1 Å². The number of nitrogens with one attached hydrogen (secondary N) is 3. The zero-order valence-corrected chi connectivity index (χ0v) is 19.5. The van der Waals surface area contributed by atoms with E-state index < -0.39 is 23.3 Å². The lowest BCUT2D eigenvalue weighted by molar-refractivity contribution is 0.0936. The molecule has 0 bridgehead atoms. The standard InChI is InChI=1S/C26H31N5O3/c1-16(24-29-21-9-5-6-10-22(21)30-24)27-25(33)19-14-31(13-17-7-3-2-4-8-17)15-20(23(19)32)26(34)28-18-11-12-18/h5-6,9-10,14-18H,2-4,7-8,11-13H2,1H3,(H,27,33)(H,28,34)(H,29,30)/t16-/m0/s1. The number of amides is 2. The molecular weight excluding hydrogens is 430 g/mol.